The predicted molar refractivity (Wildman–Crippen MR) is 134 cm³/mol. The van der Waals surface area contributed by atoms with Crippen LogP contribution in [0.25, 0.3) is 0 Å². The van der Waals surface area contributed by atoms with Gasteiger partial charge in [0.2, 0.25) is 5.91 Å². The van der Waals surface area contributed by atoms with Gasteiger partial charge >= 0.3 is 0 Å². The fourth-order valence-corrected chi connectivity index (χ4v) is 5.08. The quantitative estimate of drug-likeness (QED) is 0.519. The van der Waals surface area contributed by atoms with Gasteiger partial charge in [0.25, 0.3) is 5.91 Å². The van der Waals surface area contributed by atoms with E-state index in [4.69, 9.17) is 10.1 Å². The van der Waals surface area contributed by atoms with Gasteiger partial charge in [-0.25, -0.2) is 0 Å². The number of para-hydroxylation sites is 1. The third-order valence-corrected chi connectivity index (χ3v) is 7.28. The lowest BCUT2D eigenvalue weighted by Gasteiger charge is -2.44. The van der Waals surface area contributed by atoms with E-state index >= 15 is 0 Å². The predicted octanol–water partition coefficient (Wildman–Crippen LogP) is 4.49. The van der Waals surface area contributed by atoms with Crippen LogP contribution in [-0.4, -0.2) is 39.8 Å². The molecule has 1 fully saturated rings. The fraction of sp³-hybridized carbons (Fsp3) is 0.481. The van der Waals surface area contributed by atoms with Gasteiger partial charge in [0, 0.05) is 29.9 Å². The zero-order valence-corrected chi connectivity index (χ0v) is 20.8. The maximum Gasteiger partial charge on any atom is 0.253 e. The van der Waals surface area contributed by atoms with Crippen molar-refractivity contribution in [2.45, 2.75) is 76.9 Å². The minimum absolute atomic E-state index is 0.0652. The topological polar surface area (TPSA) is 107 Å². The van der Waals surface area contributed by atoms with E-state index < -0.39 is 0 Å². The van der Waals surface area contributed by atoms with Crippen LogP contribution in [-0.2, 0) is 4.79 Å². The highest BCUT2D eigenvalue weighted by Crippen LogP contribution is 2.34. The number of hydrogen-bond donors (Lipinski definition) is 3. The minimum Gasteiger partial charge on any atom is -0.493 e. The first kappa shape index (κ1) is 24.7. The highest BCUT2D eigenvalue weighted by atomic mass is 16.5. The van der Waals surface area contributed by atoms with Crippen molar-refractivity contribution >= 4 is 17.8 Å². The van der Waals surface area contributed by atoms with E-state index in [1.54, 1.807) is 23.4 Å². The fourth-order valence-electron chi connectivity index (χ4n) is 5.08. The molecule has 4 rings (SSSR count). The van der Waals surface area contributed by atoms with Crippen molar-refractivity contribution in [1.82, 2.24) is 20.5 Å². The summed E-state index contributed by atoms with van der Waals surface area (Å²) in [5.41, 5.74) is 1.79. The largest absolute Gasteiger partial charge is 0.493 e. The first-order valence-electron chi connectivity index (χ1n) is 12.6. The molecule has 2 aliphatic rings. The zero-order valence-electron chi connectivity index (χ0n) is 20.8. The van der Waals surface area contributed by atoms with Crippen LogP contribution in [0.1, 0.15) is 92.9 Å². The molecule has 0 bridgehead atoms. The number of ether oxygens (including phenoxy) is 1. The molecule has 0 saturated carbocycles. The summed E-state index contributed by atoms with van der Waals surface area (Å²) in [6.45, 7) is 6.67. The Morgan fingerprint density at radius 1 is 1.29 bits per heavy atom. The van der Waals surface area contributed by atoms with Gasteiger partial charge in [0.15, 0.2) is 5.96 Å². The van der Waals surface area contributed by atoms with Crippen LogP contribution in [0.3, 0.4) is 0 Å². The van der Waals surface area contributed by atoms with E-state index in [2.05, 4.69) is 15.6 Å². The lowest BCUT2D eigenvalue weighted by Crippen LogP contribution is -2.62. The molecule has 2 aliphatic heterocycles. The molecule has 8 heteroatoms. The van der Waals surface area contributed by atoms with Crippen molar-refractivity contribution in [3.63, 3.8) is 0 Å². The van der Waals surface area contributed by atoms with Crippen molar-refractivity contribution in [2.75, 3.05) is 6.61 Å². The number of benzene rings is 1. The van der Waals surface area contributed by atoms with Crippen molar-refractivity contribution in [3.05, 3.63) is 59.4 Å². The maximum absolute atomic E-state index is 13.3. The molecule has 1 aromatic heterocycles. The van der Waals surface area contributed by atoms with Crippen LogP contribution in [0, 0.1) is 5.41 Å². The number of rotatable bonds is 8. The summed E-state index contributed by atoms with van der Waals surface area (Å²) in [7, 11) is 0. The van der Waals surface area contributed by atoms with Gasteiger partial charge in [-0.05, 0) is 37.0 Å². The monoisotopic (exact) mass is 477 g/mol. The average Bonchev–Trinajstić information content (AvgIpc) is 2.88. The Balaban J connectivity index is 1.56. The van der Waals surface area contributed by atoms with Crippen molar-refractivity contribution < 1.29 is 14.3 Å². The Bertz CT molecular complexity index is 1080. The van der Waals surface area contributed by atoms with Crippen LogP contribution < -0.4 is 15.4 Å². The number of pyridine rings is 1. The lowest BCUT2D eigenvalue weighted by atomic mass is 9.86. The molecular weight excluding hydrogens is 442 g/mol. The van der Waals surface area contributed by atoms with E-state index in [0.29, 0.717) is 31.4 Å². The zero-order chi connectivity index (χ0) is 25.0. The van der Waals surface area contributed by atoms with Gasteiger partial charge < -0.3 is 15.4 Å². The molecule has 1 aromatic carbocycles. The Hall–Kier alpha value is -3.42. The molecule has 0 radical (unpaired) electrons. The van der Waals surface area contributed by atoms with Crippen LogP contribution in [0.15, 0.2) is 42.7 Å². The summed E-state index contributed by atoms with van der Waals surface area (Å²) >= 11 is 0. The van der Waals surface area contributed by atoms with E-state index in [1.165, 1.54) is 0 Å². The molecular formula is C27H35N5O3. The molecule has 0 aliphatic carbocycles. The van der Waals surface area contributed by atoms with E-state index in [9.17, 15) is 9.59 Å². The second kappa shape index (κ2) is 10.5. The number of carbonyl (C=O) groups excluding carboxylic acids is 2. The van der Waals surface area contributed by atoms with Gasteiger partial charge in [0.05, 0.1) is 30.7 Å². The first-order chi connectivity index (χ1) is 16.9. The van der Waals surface area contributed by atoms with E-state index in [1.807, 2.05) is 45.0 Å². The number of fused-ring (bicyclic) bond motifs is 1. The molecule has 2 amide bonds. The molecule has 0 unspecified atom stereocenters. The Morgan fingerprint density at radius 2 is 2.06 bits per heavy atom. The lowest BCUT2D eigenvalue weighted by molar-refractivity contribution is -0.132. The summed E-state index contributed by atoms with van der Waals surface area (Å²) in [6.07, 6.45) is 7.32. The van der Waals surface area contributed by atoms with Crippen LogP contribution in [0.4, 0.5) is 0 Å². The smallest absolute Gasteiger partial charge is 0.253 e. The summed E-state index contributed by atoms with van der Waals surface area (Å²) in [6, 6.07) is 9.05. The molecule has 0 spiro atoms. The normalized spacial score (nSPS) is 19.9. The summed E-state index contributed by atoms with van der Waals surface area (Å²) < 4.78 is 5.71. The van der Waals surface area contributed by atoms with E-state index in [0.717, 1.165) is 36.1 Å². The van der Waals surface area contributed by atoms with Gasteiger partial charge in [-0.15, -0.1) is 0 Å². The van der Waals surface area contributed by atoms with Gasteiger partial charge in [0.1, 0.15) is 5.75 Å². The summed E-state index contributed by atoms with van der Waals surface area (Å²) in [5, 5.41) is 15.1. The standard InChI is InChI=1S/C27H35N5O3/c1-4-9-22(32-24(33)15-27(5-2,6-3)31-26(32)28)18-14-19(17-29-16-18)25(34)30-21-12-13-35-23-11-8-7-10-20(21)23/h7-8,10-11,14,16-17,21-22H,4-6,9,12-13,15H2,1-3H3,(H2,28,31)(H,30,34)/t21-,22+/m0/s1. The van der Waals surface area contributed by atoms with Crippen molar-refractivity contribution in [2.24, 2.45) is 0 Å². The second-order valence-electron chi connectivity index (χ2n) is 9.41. The molecule has 2 aromatic rings. The number of aromatic nitrogens is 1. The van der Waals surface area contributed by atoms with Gasteiger partial charge in [-0.1, -0.05) is 45.4 Å². The average molecular weight is 478 g/mol. The van der Waals surface area contributed by atoms with Crippen molar-refractivity contribution in [1.29, 1.82) is 5.41 Å². The number of nitrogens with zero attached hydrogens (tertiary/aromatic N) is 2. The minimum atomic E-state index is -0.374. The highest BCUT2D eigenvalue weighted by Gasteiger charge is 2.42. The number of amides is 2. The number of hydrogen-bond acceptors (Lipinski definition) is 5. The van der Waals surface area contributed by atoms with Crippen molar-refractivity contribution in [3.8, 4) is 5.75 Å². The van der Waals surface area contributed by atoms with Gasteiger partial charge in [-0.2, -0.15) is 0 Å². The molecule has 3 N–H and O–H groups in total. The molecule has 2 atom stereocenters. The summed E-state index contributed by atoms with van der Waals surface area (Å²) in [5.74, 6) is 0.635. The molecule has 35 heavy (non-hydrogen) atoms. The third-order valence-electron chi connectivity index (χ3n) is 7.28. The van der Waals surface area contributed by atoms with Crippen LogP contribution >= 0.6 is 0 Å². The Labute approximate surface area is 207 Å². The number of nitrogens with one attached hydrogen (secondary N) is 3. The molecule has 3 heterocycles. The SMILES string of the molecule is CCC[C@H](c1cncc(C(=O)N[C@H]2CCOc3ccccc32)c1)N1C(=N)NC(CC)(CC)CC1=O. The number of guanidine groups is 1. The molecule has 1 saturated heterocycles. The van der Waals surface area contributed by atoms with Gasteiger partial charge in [-0.3, -0.25) is 24.9 Å². The maximum atomic E-state index is 13.3. The Morgan fingerprint density at radius 3 is 2.77 bits per heavy atom. The van der Waals surface area contributed by atoms with Crippen LogP contribution in [0.5, 0.6) is 5.75 Å². The highest BCUT2D eigenvalue weighted by molar-refractivity contribution is 6.00. The molecule has 186 valence electrons. The summed E-state index contributed by atoms with van der Waals surface area (Å²) in [4.78, 5) is 32.3. The first-order valence-corrected chi connectivity index (χ1v) is 12.6. The Kier molecular flexibility index (Phi) is 7.38. The number of carbonyl (C=O) groups is 2. The van der Waals surface area contributed by atoms with Crippen LogP contribution in [0.2, 0.25) is 0 Å². The molecule has 8 nitrogen and oxygen atoms in total. The van der Waals surface area contributed by atoms with E-state index in [-0.39, 0.29) is 35.4 Å². The third kappa shape index (κ3) is 5.01. The second-order valence-corrected chi connectivity index (χ2v) is 9.41.